The molecular weight excluding hydrogens is 392 g/mol. The van der Waals surface area contributed by atoms with Gasteiger partial charge in [0.15, 0.2) is 0 Å². The molecule has 1 heterocycles. The number of nitrogens with one attached hydrogen (secondary N) is 1. The minimum Gasteiger partial charge on any atom is -0.336 e. The molecule has 0 saturated carbocycles. The van der Waals surface area contributed by atoms with Crippen LogP contribution in [0.1, 0.15) is 10.4 Å². The van der Waals surface area contributed by atoms with Crippen molar-refractivity contribution in [2.24, 2.45) is 0 Å². The summed E-state index contributed by atoms with van der Waals surface area (Å²) in [6.45, 7) is 4.39. The summed E-state index contributed by atoms with van der Waals surface area (Å²) in [4.78, 5) is 14.2. The van der Waals surface area contributed by atoms with Gasteiger partial charge in [-0.15, -0.1) is 6.58 Å². The van der Waals surface area contributed by atoms with Gasteiger partial charge in [0.25, 0.3) is 16.1 Å². The predicted molar refractivity (Wildman–Crippen MR) is 102 cm³/mol. The van der Waals surface area contributed by atoms with Crippen molar-refractivity contribution in [2.45, 2.75) is 4.90 Å². The lowest BCUT2D eigenvalue weighted by Gasteiger charge is -2.35. The molecule has 0 aliphatic carbocycles. The van der Waals surface area contributed by atoms with Gasteiger partial charge in [0.05, 0.1) is 4.90 Å². The third-order valence-corrected chi connectivity index (χ3v) is 7.48. The van der Waals surface area contributed by atoms with E-state index in [0.29, 0.717) is 0 Å². The Kier molecular flexibility index (Phi) is 6.76. The number of piperazine rings is 1. The fourth-order valence-corrected chi connectivity index (χ4v) is 4.71. The molecule has 27 heavy (non-hydrogen) atoms. The van der Waals surface area contributed by atoms with Crippen LogP contribution in [0.25, 0.3) is 0 Å². The Labute approximate surface area is 160 Å². The number of rotatable bonds is 7. The minimum absolute atomic E-state index is 0.0102. The summed E-state index contributed by atoms with van der Waals surface area (Å²) in [5.41, 5.74) is 0.236. The van der Waals surface area contributed by atoms with Gasteiger partial charge in [-0.3, -0.25) is 4.79 Å². The lowest BCUT2D eigenvalue weighted by Crippen LogP contribution is -2.53. The highest BCUT2D eigenvalue weighted by atomic mass is 32.2. The van der Waals surface area contributed by atoms with E-state index < -0.39 is 20.2 Å². The number of nitrogens with zero attached hydrogens (tertiary/aromatic N) is 3. The van der Waals surface area contributed by atoms with Crippen LogP contribution >= 0.6 is 0 Å². The molecule has 1 N–H and O–H groups in total. The first kappa shape index (κ1) is 21.5. The van der Waals surface area contributed by atoms with Crippen LogP contribution in [0, 0.1) is 0 Å². The van der Waals surface area contributed by atoms with E-state index in [9.17, 15) is 21.6 Å². The lowest BCUT2D eigenvalue weighted by atomic mass is 10.2. The molecule has 0 bridgehead atoms. The Balaban J connectivity index is 2.12. The summed E-state index contributed by atoms with van der Waals surface area (Å²) >= 11 is 0. The van der Waals surface area contributed by atoms with Crippen molar-refractivity contribution in [3.8, 4) is 0 Å². The normalized spacial score (nSPS) is 16.5. The van der Waals surface area contributed by atoms with E-state index >= 15 is 0 Å². The lowest BCUT2D eigenvalue weighted by molar-refractivity contribution is 0.0695. The smallest absolute Gasteiger partial charge is 0.281 e. The highest BCUT2D eigenvalue weighted by Gasteiger charge is 2.30. The van der Waals surface area contributed by atoms with Gasteiger partial charge in [-0.05, 0) is 18.2 Å². The molecule has 1 saturated heterocycles. The Bertz CT molecular complexity index is 904. The van der Waals surface area contributed by atoms with E-state index in [4.69, 9.17) is 0 Å². The minimum atomic E-state index is -3.73. The van der Waals surface area contributed by atoms with Crippen LogP contribution < -0.4 is 4.72 Å². The van der Waals surface area contributed by atoms with Gasteiger partial charge in [0.2, 0.25) is 10.0 Å². The topological polar surface area (TPSA) is 107 Å². The van der Waals surface area contributed by atoms with Crippen LogP contribution in [-0.4, -0.2) is 83.1 Å². The van der Waals surface area contributed by atoms with Gasteiger partial charge in [-0.2, -0.15) is 17.0 Å². The van der Waals surface area contributed by atoms with E-state index in [-0.39, 0.29) is 49.1 Å². The van der Waals surface area contributed by atoms with E-state index in [1.165, 1.54) is 53.6 Å². The number of sulfonamides is 1. The largest absolute Gasteiger partial charge is 0.336 e. The third-order valence-electron chi connectivity index (χ3n) is 4.12. The molecule has 1 fully saturated rings. The van der Waals surface area contributed by atoms with Crippen molar-refractivity contribution in [1.82, 2.24) is 18.2 Å². The zero-order valence-electron chi connectivity index (χ0n) is 15.3. The number of hydrogen-bond acceptors (Lipinski definition) is 5. The summed E-state index contributed by atoms with van der Waals surface area (Å²) in [5, 5.41) is 0. The maximum Gasteiger partial charge on any atom is 0.281 e. The van der Waals surface area contributed by atoms with E-state index in [2.05, 4.69) is 11.3 Å². The van der Waals surface area contributed by atoms with Crippen LogP contribution in [0.5, 0.6) is 0 Å². The van der Waals surface area contributed by atoms with Gasteiger partial charge in [0, 0.05) is 52.4 Å². The molecule has 2 rings (SSSR count). The summed E-state index contributed by atoms with van der Waals surface area (Å²) in [6.07, 6.45) is 1.42. The second-order valence-electron chi connectivity index (χ2n) is 6.15. The van der Waals surface area contributed by atoms with Crippen molar-refractivity contribution in [1.29, 1.82) is 0 Å². The van der Waals surface area contributed by atoms with Crippen LogP contribution in [-0.2, 0) is 20.2 Å². The van der Waals surface area contributed by atoms with Crippen LogP contribution in [0.3, 0.4) is 0 Å². The molecule has 1 aromatic rings. The van der Waals surface area contributed by atoms with E-state index in [1.807, 2.05) is 0 Å². The average Bonchev–Trinajstić information content (AvgIpc) is 2.66. The molecule has 9 nitrogen and oxygen atoms in total. The number of amides is 1. The molecule has 1 aliphatic heterocycles. The third kappa shape index (κ3) is 4.93. The Morgan fingerprint density at radius 2 is 1.81 bits per heavy atom. The molecular formula is C16H24N4O5S2. The van der Waals surface area contributed by atoms with Crippen molar-refractivity contribution in [3.05, 3.63) is 42.5 Å². The van der Waals surface area contributed by atoms with Crippen molar-refractivity contribution < 1.29 is 21.6 Å². The zero-order chi connectivity index (χ0) is 20.2. The Morgan fingerprint density at radius 3 is 2.37 bits per heavy atom. The summed E-state index contributed by atoms with van der Waals surface area (Å²) in [7, 11) is -4.33. The van der Waals surface area contributed by atoms with Crippen molar-refractivity contribution >= 4 is 26.1 Å². The first-order chi connectivity index (χ1) is 12.6. The molecule has 0 atom stereocenters. The molecule has 1 aliphatic rings. The number of carbonyl (C=O) groups excluding carboxylic acids is 1. The fraction of sp³-hybridized carbons (Fsp3) is 0.438. The first-order valence-electron chi connectivity index (χ1n) is 8.27. The first-order valence-corrected chi connectivity index (χ1v) is 11.1. The van der Waals surface area contributed by atoms with Crippen LogP contribution in [0.15, 0.2) is 41.8 Å². The predicted octanol–water partition coefficient (Wildman–Crippen LogP) is -0.285. The maximum atomic E-state index is 12.7. The molecule has 150 valence electrons. The number of benzene rings is 1. The fourth-order valence-electron chi connectivity index (χ4n) is 2.58. The highest BCUT2D eigenvalue weighted by molar-refractivity contribution is 7.89. The molecule has 0 spiro atoms. The van der Waals surface area contributed by atoms with E-state index in [1.54, 1.807) is 0 Å². The quantitative estimate of drug-likeness (QED) is 0.615. The van der Waals surface area contributed by atoms with Gasteiger partial charge in [0.1, 0.15) is 0 Å². The molecule has 11 heteroatoms. The molecule has 0 radical (unpaired) electrons. The summed E-state index contributed by atoms with van der Waals surface area (Å²) in [5.74, 6) is -0.335. The maximum absolute atomic E-state index is 12.7. The van der Waals surface area contributed by atoms with E-state index in [0.717, 1.165) is 4.31 Å². The second kappa shape index (κ2) is 8.48. The van der Waals surface area contributed by atoms with Gasteiger partial charge in [-0.25, -0.2) is 13.1 Å². The monoisotopic (exact) mass is 416 g/mol. The van der Waals surface area contributed by atoms with Gasteiger partial charge < -0.3 is 4.90 Å². The number of hydrogen-bond donors (Lipinski definition) is 1. The molecule has 1 aromatic carbocycles. The van der Waals surface area contributed by atoms with Gasteiger partial charge >= 0.3 is 0 Å². The average molecular weight is 417 g/mol. The Morgan fingerprint density at radius 1 is 1.19 bits per heavy atom. The molecule has 0 aromatic heterocycles. The van der Waals surface area contributed by atoms with Crippen LogP contribution in [0.2, 0.25) is 0 Å². The van der Waals surface area contributed by atoms with Gasteiger partial charge in [-0.1, -0.05) is 12.1 Å². The van der Waals surface area contributed by atoms with Crippen LogP contribution in [0.4, 0.5) is 0 Å². The van der Waals surface area contributed by atoms with Crippen molar-refractivity contribution in [3.63, 3.8) is 0 Å². The zero-order valence-corrected chi connectivity index (χ0v) is 17.0. The second-order valence-corrected chi connectivity index (χ2v) is 10.1. The summed E-state index contributed by atoms with van der Waals surface area (Å²) in [6, 6.07) is 5.76. The SMILES string of the molecule is C=CCNS(=O)(=O)c1cccc(C(=O)N2CCN(S(=O)(=O)N(C)C)CC2)c1. The summed E-state index contributed by atoms with van der Waals surface area (Å²) < 4.78 is 53.5. The Hall–Kier alpha value is -1.79. The molecule has 1 amide bonds. The standard InChI is InChI=1S/C16H24N4O5S2/c1-4-8-17-26(22,23)15-7-5-6-14(13-15)16(21)19-9-11-20(12-10-19)27(24,25)18(2)3/h4-7,13,17H,1,8-12H2,2-3H3. The molecule has 0 unspecified atom stereocenters. The highest BCUT2D eigenvalue weighted by Crippen LogP contribution is 2.16. The van der Waals surface area contributed by atoms with Crippen molar-refractivity contribution in [2.75, 3.05) is 46.8 Å². The number of carbonyl (C=O) groups is 1.